The van der Waals surface area contributed by atoms with Crippen molar-refractivity contribution < 1.29 is 14.7 Å². The molecular formula is C13H10N4O3. The van der Waals surface area contributed by atoms with Crippen molar-refractivity contribution in [2.75, 3.05) is 13.1 Å². The fourth-order valence-corrected chi connectivity index (χ4v) is 1.39. The van der Waals surface area contributed by atoms with E-state index in [2.05, 4.69) is 4.98 Å². The molecule has 0 aliphatic rings. The van der Waals surface area contributed by atoms with Crippen molar-refractivity contribution in [2.45, 2.75) is 0 Å². The first-order valence-corrected chi connectivity index (χ1v) is 5.47. The van der Waals surface area contributed by atoms with E-state index >= 15 is 0 Å². The Kier molecular flexibility index (Phi) is 5.42. The quantitative estimate of drug-likeness (QED) is 0.620. The maximum atomic E-state index is 12.1. The van der Waals surface area contributed by atoms with Gasteiger partial charge < -0.3 is 10.0 Å². The number of carbonyl (C=O) groups is 2. The zero-order valence-electron chi connectivity index (χ0n) is 10.4. The fourth-order valence-electron chi connectivity index (χ4n) is 1.39. The number of carboxylic acid groups (broad SMARTS) is 1. The standard InChI is InChI=1S/C13H10N4O3/c14-3-5-17(6-4-15)13(20)11-7-10(8-16-9-11)1-2-12(18)19/h1-2,7-9H,5-6H2,(H,18,19). The average Bonchev–Trinajstić information content (AvgIpc) is 2.44. The van der Waals surface area contributed by atoms with Gasteiger partial charge in [0, 0.05) is 18.5 Å². The van der Waals surface area contributed by atoms with Crippen LogP contribution in [0.5, 0.6) is 0 Å². The van der Waals surface area contributed by atoms with Crippen LogP contribution in [-0.4, -0.2) is 40.0 Å². The number of rotatable bonds is 5. The van der Waals surface area contributed by atoms with Gasteiger partial charge in [0.15, 0.2) is 0 Å². The summed E-state index contributed by atoms with van der Waals surface area (Å²) in [5.41, 5.74) is 0.621. The van der Waals surface area contributed by atoms with Crippen LogP contribution in [0, 0.1) is 22.7 Å². The lowest BCUT2D eigenvalue weighted by molar-refractivity contribution is -0.131. The number of aromatic nitrogens is 1. The molecule has 0 saturated carbocycles. The predicted octanol–water partition coefficient (Wildman–Crippen LogP) is 0.669. The summed E-state index contributed by atoms with van der Waals surface area (Å²) >= 11 is 0. The summed E-state index contributed by atoms with van der Waals surface area (Å²) in [5.74, 6) is -1.62. The topological polar surface area (TPSA) is 118 Å². The molecule has 0 radical (unpaired) electrons. The van der Waals surface area contributed by atoms with Crippen molar-refractivity contribution in [3.05, 3.63) is 35.7 Å². The highest BCUT2D eigenvalue weighted by Crippen LogP contribution is 2.08. The first-order valence-electron chi connectivity index (χ1n) is 5.47. The minimum Gasteiger partial charge on any atom is -0.478 e. The van der Waals surface area contributed by atoms with E-state index in [1.807, 2.05) is 0 Å². The smallest absolute Gasteiger partial charge is 0.328 e. The Balaban J connectivity index is 2.99. The molecule has 0 unspecified atom stereocenters. The van der Waals surface area contributed by atoms with E-state index in [4.69, 9.17) is 15.6 Å². The van der Waals surface area contributed by atoms with Crippen molar-refractivity contribution >= 4 is 18.0 Å². The first-order chi connectivity index (χ1) is 9.58. The van der Waals surface area contributed by atoms with Gasteiger partial charge in [0.2, 0.25) is 0 Å². The summed E-state index contributed by atoms with van der Waals surface area (Å²) in [6.07, 6.45) is 4.91. The van der Waals surface area contributed by atoms with Crippen molar-refractivity contribution in [1.82, 2.24) is 9.88 Å². The van der Waals surface area contributed by atoms with E-state index in [1.165, 1.54) is 24.5 Å². The molecule has 0 atom stereocenters. The maximum Gasteiger partial charge on any atom is 0.328 e. The van der Waals surface area contributed by atoms with E-state index in [0.717, 1.165) is 11.0 Å². The van der Waals surface area contributed by atoms with Crippen LogP contribution in [0.15, 0.2) is 24.5 Å². The van der Waals surface area contributed by atoms with E-state index in [1.54, 1.807) is 12.1 Å². The van der Waals surface area contributed by atoms with Gasteiger partial charge in [-0.2, -0.15) is 10.5 Å². The highest BCUT2D eigenvalue weighted by atomic mass is 16.4. The van der Waals surface area contributed by atoms with Gasteiger partial charge in [-0.1, -0.05) is 0 Å². The first kappa shape index (κ1) is 14.9. The van der Waals surface area contributed by atoms with Crippen LogP contribution >= 0.6 is 0 Å². The van der Waals surface area contributed by atoms with E-state index < -0.39 is 11.9 Å². The molecule has 0 aliphatic carbocycles. The Bertz CT molecular complexity index is 609. The van der Waals surface area contributed by atoms with Gasteiger partial charge in [-0.15, -0.1) is 0 Å². The van der Waals surface area contributed by atoms with Crippen LogP contribution in [0.2, 0.25) is 0 Å². The lowest BCUT2D eigenvalue weighted by Crippen LogP contribution is -2.31. The van der Waals surface area contributed by atoms with E-state index in [0.29, 0.717) is 5.56 Å². The molecule has 1 aromatic heterocycles. The van der Waals surface area contributed by atoms with Gasteiger partial charge in [0.05, 0.1) is 17.7 Å². The summed E-state index contributed by atoms with van der Waals surface area (Å²) in [4.78, 5) is 27.4. The van der Waals surface area contributed by atoms with Crippen LogP contribution in [0.3, 0.4) is 0 Å². The van der Waals surface area contributed by atoms with Gasteiger partial charge in [-0.25, -0.2) is 4.79 Å². The molecule has 1 heterocycles. The highest BCUT2D eigenvalue weighted by Gasteiger charge is 2.15. The number of nitrogens with zero attached hydrogens (tertiary/aromatic N) is 4. The molecular weight excluding hydrogens is 260 g/mol. The minimum atomic E-state index is -1.11. The van der Waals surface area contributed by atoms with Gasteiger partial charge in [0.1, 0.15) is 13.1 Å². The molecule has 7 nitrogen and oxygen atoms in total. The second kappa shape index (κ2) is 7.29. The predicted molar refractivity (Wildman–Crippen MR) is 68.0 cm³/mol. The molecule has 1 aromatic rings. The molecule has 0 fully saturated rings. The Morgan fingerprint density at radius 3 is 2.50 bits per heavy atom. The molecule has 20 heavy (non-hydrogen) atoms. The van der Waals surface area contributed by atoms with Crippen LogP contribution < -0.4 is 0 Å². The SMILES string of the molecule is N#CCN(CC#N)C(=O)c1cncc(C=CC(=O)O)c1. The summed E-state index contributed by atoms with van der Waals surface area (Å²) < 4.78 is 0. The summed E-state index contributed by atoms with van der Waals surface area (Å²) in [5, 5.41) is 25.8. The molecule has 0 bridgehead atoms. The number of carbonyl (C=O) groups excluding carboxylic acids is 1. The van der Waals surface area contributed by atoms with Crippen LogP contribution in [0.1, 0.15) is 15.9 Å². The average molecular weight is 270 g/mol. The van der Waals surface area contributed by atoms with Crippen molar-refractivity contribution in [3.63, 3.8) is 0 Å². The van der Waals surface area contributed by atoms with Crippen LogP contribution in [0.25, 0.3) is 6.08 Å². The third-order valence-electron chi connectivity index (χ3n) is 2.24. The van der Waals surface area contributed by atoms with Gasteiger partial charge in [-0.3, -0.25) is 9.78 Å². The molecule has 0 aliphatic heterocycles. The van der Waals surface area contributed by atoms with Crippen LogP contribution in [-0.2, 0) is 4.79 Å². The van der Waals surface area contributed by atoms with Crippen molar-refractivity contribution in [3.8, 4) is 12.1 Å². The number of nitriles is 2. The van der Waals surface area contributed by atoms with Gasteiger partial charge in [0.25, 0.3) is 5.91 Å². The fraction of sp³-hybridized carbons (Fsp3) is 0.154. The number of hydrogen-bond donors (Lipinski definition) is 1. The maximum absolute atomic E-state index is 12.1. The largest absolute Gasteiger partial charge is 0.478 e. The second-order valence-corrected chi connectivity index (χ2v) is 3.66. The molecule has 0 spiro atoms. The summed E-state index contributed by atoms with van der Waals surface area (Å²) in [7, 11) is 0. The van der Waals surface area contributed by atoms with E-state index in [-0.39, 0.29) is 18.7 Å². The Morgan fingerprint density at radius 1 is 1.30 bits per heavy atom. The zero-order valence-corrected chi connectivity index (χ0v) is 10.4. The highest BCUT2D eigenvalue weighted by molar-refractivity contribution is 5.95. The van der Waals surface area contributed by atoms with Crippen molar-refractivity contribution in [1.29, 1.82) is 10.5 Å². The Hall–Kier alpha value is -3.19. The van der Waals surface area contributed by atoms with Gasteiger partial charge >= 0.3 is 5.97 Å². The lowest BCUT2D eigenvalue weighted by Gasteiger charge is -2.15. The van der Waals surface area contributed by atoms with Gasteiger partial charge in [-0.05, 0) is 17.7 Å². The number of pyridine rings is 1. The normalized spacial score (nSPS) is 9.70. The number of carboxylic acids is 1. The van der Waals surface area contributed by atoms with E-state index in [9.17, 15) is 9.59 Å². The summed E-state index contributed by atoms with van der Waals surface area (Å²) in [6, 6.07) is 5.04. The molecule has 1 amide bonds. The molecule has 7 heteroatoms. The summed E-state index contributed by atoms with van der Waals surface area (Å²) in [6.45, 7) is -0.414. The Morgan fingerprint density at radius 2 is 1.95 bits per heavy atom. The van der Waals surface area contributed by atoms with Crippen molar-refractivity contribution in [2.24, 2.45) is 0 Å². The zero-order chi connectivity index (χ0) is 15.0. The molecule has 0 saturated heterocycles. The number of amides is 1. The third kappa shape index (κ3) is 4.24. The molecule has 1 N–H and O–H groups in total. The minimum absolute atomic E-state index is 0.183. The third-order valence-corrected chi connectivity index (χ3v) is 2.24. The molecule has 1 rings (SSSR count). The number of aliphatic carboxylic acids is 1. The lowest BCUT2D eigenvalue weighted by atomic mass is 10.1. The number of hydrogen-bond acceptors (Lipinski definition) is 5. The Labute approximate surface area is 115 Å². The molecule has 0 aromatic carbocycles. The second-order valence-electron chi connectivity index (χ2n) is 3.66. The van der Waals surface area contributed by atoms with Crippen LogP contribution in [0.4, 0.5) is 0 Å². The molecule has 100 valence electrons. The monoisotopic (exact) mass is 270 g/mol.